The third-order valence-corrected chi connectivity index (χ3v) is 3.61. The monoisotopic (exact) mass is 292 g/mol. The highest BCUT2D eigenvalue weighted by molar-refractivity contribution is 7.12. The Labute approximate surface area is 120 Å². The SMILES string of the molecule is Cc1cc(NC(=O)C(C)NC(=O)c2cccs2)n(C)n1. The molecule has 6 nitrogen and oxygen atoms in total. The molecule has 106 valence electrons. The Morgan fingerprint density at radius 1 is 1.45 bits per heavy atom. The van der Waals surface area contributed by atoms with Gasteiger partial charge >= 0.3 is 0 Å². The Bertz CT molecular complexity index is 618. The van der Waals surface area contributed by atoms with E-state index in [0.29, 0.717) is 10.7 Å². The van der Waals surface area contributed by atoms with Crippen LogP contribution in [0, 0.1) is 6.92 Å². The predicted molar refractivity (Wildman–Crippen MR) is 77.8 cm³/mol. The predicted octanol–water partition coefficient (Wildman–Crippen LogP) is 1.55. The zero-order valence-electron chi connectivity index (χ0n) is 11.5. The maximum Gasteiger partial charge on any atom is 0.261 e. The summed E-state index contributed by atoms with van der Waals surface area (Å²) in [6, 6.07) is 4.66. The van der Waals surface area contributed by atoms with Crippen molar-refractivity contribution in [1.82, 2.24) is 15.1 Å². The van der Waals surface area contributed by atoms with Gasteiger partial charge in [-0.15, -0.1) is 11.3 Å². The Morgan fingerprint density at radius 2 is 2.20 bits per heavy atom. The Balaban J connectivity index is 1.95. The van der Waals surface area contributed by atoms with Gasteiger partial charge in [0.15, 0.2) is 0 Å². The number of carbonyl (C=O) groups is 2. The van der Waals surface area contributed by atoms with Gasteiger partial charge in [-0.2, -0.15) is 5.10 Å². The summed E-state index contributed by atoms with van der Waals surface area (Å²) < 4.78 is 1.58. The molecule has 0 saturated carbocycles. The van der Waals surface area contributed by atoms with Crippen LogP contribution in [-0.2, 0) is 11.8 Å². The fourth-order valence-corrected chi connectivity index (χ4v) is 2.33. The summed E-state index contributed by atoms with van der Waals surface area (Å²) in [5.74, 6) is 0.0754. The zero-order valence-corrected chi connectivity index (χ0v) is 12.3. The second-order valence-electron chi connectivity index (χ2n) is 4.46. The molecule has 2 heterocycles. The van der Waals surface area contributed by atoms with Crippen molar-refractivity contribution in [2.75, 3.05) is 5.32 Å². The van der Waals surface area contributed by atoms with E-state index in [2.05, 4.69) is 15.7 Å². The number of nitrogens with one attached hydrogen (secondary N) is 2. The van der Waals surface area contributed by atoms with E-state index in [1.807, 2.05) is 12.3 Å². The highest BCUT2D eigenvalue weighted by Gasteiger charge is 2.18. The largest absolute Gasteiger partial charge is 0.340 e. The van der Waals surface area contributed by atoms with Crippen molar-refractivity contribution >= 4 is 29.0 Å². The summed E-state index contributed by atoms with van der Waals surface area (Å²) >= 11 is 1.34. The van der Waals surface area contributed by atoms with E-state index in [-0.39, 0.29) is 11.8 Å². The van der Waals surface area contributed by atoms with Crippen molar-refractivity contribution < 1.29 is 9.59 Å². The molecule has 0 radical (unpaired) electrons. The summed E-state index contributed by atoms with van der Waals surface area (Å²) in [6.45, 7) is 3.49. The van der Waals surface area contributed by atoms with E-state index in [1.54, 1.807) is 36.9 Å². The molecule has 2 rings (SSSR count). The van der Waals surface area contributed by atoms with Gasteiger partial charge in [0.2, 0.25) is 5.91 Å². The number of aryl methyl sites for hydroxylation is 2. The van der Waals surface area contributed by atoms with Crippen LogP contribution in [0.15, 0.2) is 23.6 Å². The van der Waals surface area contributed by atoms with Crippen LogP contribution in [0.1, 0.15) is 22.3 Å². The Morgan fingerprint density at radius 3 is 2.75 bits per heavy atom. The topological polar surface area (TPSA) is 76.0 Å². The third-order valence-electron chi connectivity index (χ3n) is 2.74. The molecule has 0 aliphatic heterocycles. The van der Waals surface area contributed by atoms with Crippen LogP contribution in [-0.4, -0.2) is 27.6 Å². The minimum atomic E-state index is -0.625. The van der Waals surface area contributed by atoms with Crippen molar-refractivity contribution in [1.29, 1.82) is 0 Å². The number of carbonyl (C=O) groups excluding carboxylic acids is 2. The summed E-state index contributed by atoms with van der Waals surface area (Å²) in [5.41, 5.74) is 0.818. The number of hydrogen-bond acceptors (Lipinski definition) is 4. The zero-order chi connectivity index (χ0) is 14.7. The van der Waals surface area contributed by atoms with Crippen molar-refractivity contribution in [2.45, 2.75) is 19.9 Å². The van der Waals surface area contributed by atoms with Crippen molar-refractivity contribution in [3.63, 3.8) is 0 Å². The van der Waals surface area contributed by atoms with Gasteiger partial charge in [0.1, 0.15) is 11.9 Å². The smallest absolute Gasteiger partial charge is 0.261 e. The normalized spacial score (nSPS) is 11.9. The molecule has 0 aliphatic carbocycles. The fourth-order valence-electron chi connectivity index (χ4n) is 1.70. The average molecular weight is 292 g/mol. The van der Waals surface area contributed by atoms with E-state index in [4.69, 9.17) is 0 Å². The molecule has 2 aromatic heterocycles. The maximum absolute atomic E-state index is 12.0. The minimum absolute atomic E-state index is 0.246. The molecule has 1 unspecified atom stereocenters. The first-order valence-corrected chi connectivity index (χ1v) is 7.01. The van der Waals surface area contributed by atoms with Gasteiger partial charge in [0.25, 0.3) is 5.91 Å². The van der Waals surface area contributed by atoms with E-state index in [0.717, 1.165) is 5.69 Å². The van der Waals surface area contributed by atoms with Crippen molar-refractivity contribution in [3.05, 3.63) is 34.2 Å². The average Bonchev–Trinajstić information content (AvgIpc) is 3.00. The second-order valence-corrected chi connectivity index (χ2v) is 5.40. The van der Waals surface area contributed by atoms with Crippen LogP contribution in [0.2, 0.25) is 0 Å². The summed E-state index contributed by atoms with van der Waals surface area (Å²) in [5, 5.41) is 11.3. The second kappa shape index (κ2) is 5.87. The van der Waals surface area contributed by atoms with Crippen molar-refractivity contribution in [3.8, 4) is 0 Å². The molecule has 0 fully saturated rings. The molecular formula is C13H16N4O2S. The molecule has 2 N–H and O–H groups in total. The van der Waals surface area contributed by atoms with E-state index in [1.165, 1.54) is 11.3 Å². The number of hydrogen-bond donors (Lipinski definition) is 2. The first kappa shape index (κ1) is 14.3. The van der Waals surface area contributed by atoms with Crippen LogP contribution in [0.25, 0.3) is 0 Å². The number of aromatic nitrogens is 2. The molecule has 0 aliphatic rings. The number of amides is 2. The van der Waals surface area contributed by atoms with Crippen LogP contribution >= 0.6 is 11.3 Å². The fraction of sp³-hybridized carbons (Fsp3) is 0.308. The molecule has 20 heavy (non-hydrogen) atoms. The molecule has 1 atom stereocenters. The van der Waals surface area contributed by atoms with E-state index >= 15 is 0 Å². The molecule has 7 heteroatoms. The molecule has 0 saturated heterocycles. The third kappa shape index (κ3) is 3.24. The first-order chi connectivity index (χ1) is 9.47. The Kier molecular flexibility index (Phi) is 4.19. The Hall–Kier alpha value is -2.15. The van der Waals surface area contributed by atoms with Gasteiger partial charge in [-0.25, -0.2) is 0 Å². The number of thiophene rings is 1. The highest BCUT2D eigenvalue weighted by Crippen LogP contribution is 2.10. The summed E-state index contributed by atoms with van der Waals surface area (Å²) in [7, 11) is 1.75. The van der Waals surface area contributed by atoms with Gasteiger partial charge in [0, 0.05) is 13.1 Å². The molecular weight excluding hydrogens is 276 g/mol. The number of rotatable bonds is 4. The lowest BCUT2D eigenvalue weighted by Gasteiger charge is -2.13. The summed E-state index contributed by atoms with van der Waals surface area (Å²) in [6.07, 6.45) is 0. The highest BCUT2D eigenvalue weighted by atomic mass is 32.1. The molecule has 0 bridgehead atoms. The maximum atomic E-state index is 12.0. The lowest BCUT2D eigenvalue weighted by atomic mass is 10.3. The van der Waals surface area contributed by atoms with E-state index < -0.39 is 6.04 Å². The van der Waals surface area contributed by atoms with Crippen LogP contribution in [0.5, 0.6) is 0 Å². The number of anilines is 1. The molecule has 2 aromatic rings. The van der Waals surface area contributed by atoms with Gasteiger partial charge in [-0.1, -0.05) is 6.07 Å². The van der Waals surface area contributed by atoms with E-state index in [9.17, 15) is 9.59 Å². The van der Waals surface area contributed by atoms with Crippen LogP contribution in [0.3, 0.4) is 0 Å². The van der Waals surface area contributed by atoms with Crippen molar-refractivity contribution in [2.24, 2.45) is 7.05 Å². The lowest BCUT2D eigenvalue weighted by molar-refractivity contribution is -0.117. The molecule has 2 amide bonds. The van der Waals surface area contributed by atoms with Gasteiger partial charge < -0.3 is 10.6 Å². The van der Waals surface area contributed by atoms with Gasteiger partial charge in [-0.05, 0) is 25.3 Å². The minimum Gasteiger partial charge on any atom is -0.340 e. The van der Waals surface area contributed by atoms with Gasteiger partial charge in [-0.3, -0.25) is 14.3 Å². The summed E-state index contributed by atoms with van der Waals surface area (Å²) in [4.78, 5) is 24.4. The molecule has 0 spiro atoms. The lowest BCUT2D eigenvalue weighted by Crippen LogP contribution is -2.41. The van der Waals surface area contributed by atoms with Crippen LogP contribution in [0.4, 0.5) is 5.82 Å². The molecule has 0 aromatic carbocycles. The quantitative estimate of drug-likeness (QED) is 0.897. The number of nitrogens with zero attached hydrogens (tertiary/aromatic N) is 2. The first-order valence-electron chi connectivity index (χ1n) is 6.13. The van der Waals surface area contributed by atoms with Crippen LogP contribution < -0.4 is 10.6 Å². The van der Waals surface area contributed by atoms with Gasteiger partial charge in [0.05, 0.1) is 10.6 Å². The standard InChI is InChI=1S/C13H16N4O2S/c1-8-7-11(17(3)16-8)15-12(18)9(2)14-13(19)10-5-4-6-20-10/h4-7,9H,1-3H3,(H,14,19)(H,15,18).